The molecule has 112 valence electrons. The van der Waals surface area contributed by atoms with Crippen molar-refractivity contribution in [3.8, 4) is 0 Å². The van der Waals surface area contributed by atoms with Gasteiger partial charge in [-0.25, -0.2) is 0 Å². The number of nitrogens with one attached hydrogen (secondary N) is 1. The highest BCUT2D eigenvalue weighted by Crippen LogP contribution is 2.18. The van der Waals surface area contributed by atoms with Crippen molar-refractivity contribution in [1.82, 2.24) is 10.2 Å². The lowest BCUT2D eigenvalue weighted by Gasteiger charge is -2.29. The Morgan fingerprint density at radius 3 is 2.75 bits per heavy atom. The number of aryl methyl sites for hydroxylation is 2. The molecule has 0 aromatic heterocycles. The minimum Gasteiger partial charge on any atom is -0.334 e. The number of carbonyl (C=O) groups excluding carboxylic acids is 1. The van der Waals surface area contributed by atoms with Crippen molar-refractivity contribution in [3.63, 3.8) is 0 Å². The number of amides is 1. The van der Waals surface area contributed by atoms with Gasteiger partial charge in [-0.05, 0) is 44.9 Å². The summed E-state index contributed by atoms with van der Waals surface area (Å²) in [4.78, 5) is 14.9. The Labute approximate surface area is 128 Å². The summed E-state index contributed by atoms with van der Waals surface area (Å²) in [5.41, 5.74) is 3.08. The summed E-state index contributed by atoms with van der Waals surface area (Å²) in [6.45, 7) is 8.98. The van der Waals surface area contributed by atoms with E-state index in [9.17, 15) is 4.79 Å². The van der Waals surface area contributed by atoms with Crippen LogP contribution in [0.25, 0.3) is 0 Å². The van der Waals surface area contributed by atoms with Crippen LogP contribution in [-0.4, -0.2) is 36.5 Å². The molecule has 1 atom stereocenters. The third-order valence-corrected chi connectivity index (χ3v) is 3.82. The fourth-order valence-corrected chi connectivity index (χ4v) is 2.72. The zero-order chi connectivity index (χ0) is 13.8. The maximum absolute atomic E-state index is 12.8. The number of carbonyl (C=O) groups is 1. The molecule has 0 bridgehead atoms. The molecule has 2 rings (SSSR count). The summed E-state index contributed by atoms with van der Waals surface area (Å²) in [5.74, 6) is 0.191. The molecule has 20 heavy (non-hydrogen) atoms. The van der Waals surface area contributed by atoms with Gasteiger partial charge in [-0.15, -0.1) is 12.4 Å². The van der Waals surface area contributed by atoms with Crippen molar-refractivity contribution in [2.75, 3.05) is 19.6 Å². The van der Waals surface area contributed by atoms with E-state index in [1.807, 2.05) is 26.0 Å². The van der Waals surface area contributed by atoms with Gasteiger partial charge in [0.15, 0.2) is 0 Å². The smallest absolute Gasteiger partial charge is 0.254 e. The van der Waals surface area contributed by atoms with E-state index in [1.54, 1.807) is 0 Å². The second-order valence-corrected chi connectivity index (χ2v) is 5.46. The highest BCUT2D eigenvalue weighted by atomic mass is 35.5. The summed E-state index contributed by atoms with van der Waals surface area (Å²) < 4.78 is 0. The Morgan fingerprint density at radius 1 is 1.40 bits per heavy atom. The van der Waals surface area contributed by atoms with Gasteiger partial charge in [-0.2, -0.15) is 0 Å². The summed E-state index contributed by atoms with van der Waals surface area (Å²) in [6, 6.07) is 6.47. The lowest BCUT2D eigenvalue weighted by molar-refractivity contribution is 0.0691. The molecule has 0 aliphatic carbocycles. The van der Waals surface area contributed by atoms with Crippen LogP contribution in [-0.2, 0) is 0 Å². The lowest BCUT2D eigenvalue weighted by atomic mass is 10.0. The Hall–Kier alpha value is -1.06. The summed E-state index contributed by atoms with van der Waals surface area (Å²) in [6.07, 6.45) is 2.07. The maximum Gasteiger partial charge on any atom is 0.254 e. The normalized spacial score (nSPS) is 17.6. The van der Waals surface area contributed by atoms with Crippen LogP contribution >= 0.6 is 12.4 Å². The number of halogens is 1. The largest absolute Gasteiger partial charge is 0.334 e. The molecule has 1 heterocycles. The van der Waals surface area contributed by atoms with Crippen LogP contribution in [0.2, 0.25) is 0 Å². The van der Waals surface area contributed by atoms with Crippen molar-refractivity contribution in [2.45, 2.75) is 39.7 Å². The third-order valence-electron chi connectivity index (χ3n) is 3.82. The Morgan fingerprint density at radius 2 is 2.15 bits per heavy atom. The molecule has 1 N–H and O–H groups in total. The molecular weight excluding hydrogens is 272 g/mol. The second-order valence-electron chi connectivity index (χ2n) is 5.46. The first-order valence-electron chi connectivity index (χ1n) is 7.22. The molecule has 0 radical (unpaired) electrons. The molecule has 1 fully saturated rings. The van der Waals surface area contributed by atoms with E-state index in [0.717, 1.165) is 49.2 Å². The zero-order valence-corrected chi connectivity index (χ0v) is 13.4. The molecule has 1 aromatic rings. The van der Waals surface area contributed by atoms with Crippen molar-refractivity contribution in [3.05, 3.63) is 34.9 Å². The fraction of sp³-hybridized carbons (Fsp3) is 0.562. The van der Waals surface area contributed by atoms with Gasteiger partial charge in [0.1, 0.15) is 0 Å². The van der Waals surface area contributed by atoms with Gasteiger partial charge in [0, 0.05) is 24.7 Å². The minimum absolute atomic E-state index is 0. The summed E-state index contributed by atoms with van der Waals surface area (Å²) in [7, 11) is 0. The summed E-state index contributed by atoms with van der Waals surface area (Å²) >= 11 is 0. The van der Waals surface area contributed by atoms with Crippen molar-refractivity contribution >= 4 is 18.3 Å². The number of hydrogen-bond donors (Lipinski definition) is 1. The third kappa shape index (κ3) is 3.74. The van der Waals surface area contributed by atoms with E-state index in [2.05, 4.69) is 23.2 Å². The van der Waals surface area contributed by atoms with E-state index in [0.29, 0.717) is 6.04 Å². The van der Waals surface area contributed by atoms with E-state index in [1.165, 1.54) is 0 Å². The first kappa shape index (κ1) is 17.0. The van der Waals surface area contributed by atoms with Crippen LogP contribution in [0.3, 0.4) is 0 Å². The van der Waals surface area contributed by atoms with E-state index in [-0.39, 0.29) is 18.3 Å². The lowest BCUT2D eigenvalue weighted by Crippen LogP contribution is -2.42. The molecule has 1 amide bonds. The van der Waals surface area contributed by atoms with Gasteiger partial charge >= 0.3 is 0 Å². The first-order valence-corrected chi connectivity index (χ1v) is 7.22. The Kier molecular flexibility index (Phi) is 6.50. The molecule has 3 nitrogen and oxygen atoms in total. The quantitative estimate of drug-likeness (QED) is 0.926. The fourth-order valence-electron chi connectivity index (χ4n) is 2.72. The van der Waals surface area contributed by atoms with E-state index < -0.39 is 0 Å². The van der Waals surface area contributed by atoms with Crippen LogP contribution in [0.5, 0.6) is 0 Å². The molecule has 1 unspecified atom stereocenters. The number of nitrogens with zero attached hydrogens (tertiary/aromatic N) is 1. The van der Waals surface area contributed by atoms with Crippen LogP contribution in [0.4, 0.5) is 0 Å². The van der Waals surface area contributed by atoms with Crippen LogP contribution in [0, 0.1) is 13.8 Å². The van der Waals surface area contributed by atoms with Gasteiger partial charge in [-0.3, -0.25) is 4.79 Å². The average Bonchev–Trinajstić information content (AvgIpc) is 2.92. The minimum atomic E-state index is 0. The first-order chi connectivity index (χ1) is 9.13. The molecule has 1 aliphatic rings. The van der Waals surface area contributed by atoms with Gasteiger partial charge in [0.25, 0.3) is 5.91 Å². The molecule has 0 spiro atoms. The number of hydrogen-bond acceptors (Lipinski definition) is 2. The van der Waals surface area contributed by atoms with Crippen LogP contribution in [0.15, 0.2) is 18.2 Å². The van der Waals surface area contributed by atoms with Crippen LogP contribution in [0.1, 0.15) is 41.3 Å². The SMILES string of the molecule is CCCN(C(=O)c1cc(C)ccc1C)C1CCNC1.Cl. The average molecular weight is 297 g/mol. The van der Waals surface area contributed by atoms with Crippen molar-refractivity contribution in [2.24, 2.45) is 0 Å². The molecule has 1 aromatic carbocycles. The predicted molar refractivity (Wildman–Crippen MR) is 85.8 cm³/mol. The molecular formula is C16H25ClN2O. The highest BCUT2D eigenvalue weighted by molar-refractivity contribution is 5.96. The monoisotopic (exact) mass is 296 g/mol. The van der Waals surface area contributed by atoms with E-state index in [4.69, 9.17) is 0 Å². The standard InChI is InChI=1S/C16H24N2O.ClH/c1-4-9-18(14-7-8-17-11-14)16(19)15-10-12(2)5-6-13(15)3;/h5-6,10,14,17H,4,7-9,11H2,1-3H3;1H. The Balaban J connectivity index is 0.00000200. The molecule has 1 saturated heterocycles. The highest BCUT2D eigenvalue weighted by Gasteiger charge is 2.27. The molecule has 0 saturated carbocycles. The topological polar surface area (TPSA) is 32.3 Å². The predicted octanol–water partition coefficient (Wildman–Crippen LogP) is 2.94. The van der Waals surface area contributed by atoms with Gasteiger partial charge in [0.2, 0.25) is 0 Å². The zero-order valence-electron chi connectivity index (χ0n) is 12.6. The van der Waals surface area contributed by atoms with Crippen molar-refractivity contribution < 1.29 is 4.79 Å². The molecule has 1 aliphatic heterocycles. The maximum atomic E-state index is 12.8. The van der Waals surface area contributed by atoms with E-state index >= 15 is 0 Å². The van der Waals surface area contributed by atoms with Gasteiger partial charge in [0.05, 0.1) is 0 Å². The number of benzene rings is 1. The number of rotatable bonds is 4. The van der Waals surface area contributed by atoms with Crippen LogP contribution < -0.4 is 5.32 Å². The van der Waals surface area contributed by atoms with Gasteiger partial charge in [-0.1, -0.05) is 24.6 Å². The molecule has 4 heteroatoms. The second kappa shape index (κ2) is 7.65. The van der Waals surface area contributed by atoms with Crippen molar-refractivity contribution in [1.29, 1.82) is 0 Å². The van der Waals surface area contributed by atoms with Gasteiger partial charge < -0.3 is 10.2 Å². The summed E-state index contributed by atoms with van der Waals surface area (Å²) in [5, 5.41) is 3.35. The Bertz CT molecular complexity index is 456.